The summed E-state index contributed by atoms with van der Waals surface area (Å²) in [4.78, 5) is 0. The Bertz CT molecular complexity index is 408. The molecule has 1 N–H and O–H groups in total. The van der Waals surface area contributed by atoms with Crippen LogP contribution in [0.25, 0.3) is 0 Å². The van der Waals surface area contributed by atoms with Crippen LogP contribution in [0, 0.1) is 3.57 Å². The van der Waals surface area contributed by atoms with Crippen molar-refractivity contribution in [1.82, 2.24) is 0 Å². The van der Waals surface area contributed by atoms with Gasteiger partial charge >= 0.3 is 0 Å². The van der Waals surface area contributed by atoms with Gasteiger partial charge in [0.05, 0.1) is 5.60 Å². The van der Waals surface area contributed by atoms with E-state index in [1.807, 2.05) is 0 Å². The first-order chi connectivity index (χ1) is 7.96. The standard InChI is InChI=1S/C13H17BrINO/c1-13(2)8-10(5-6-17-13)16-12-7-9(14)3-4-11(12)15/h3-4,7,10,16H,5-6,8H2,1-2H3. The highest BCUT2D eigenvalue weighted by Crippen LogP contribution is 2.29. The maximum atomic E-state index is 5.74. The maximum Gasteiger partial charge on any atom is 0.0646 e. The van der Waals surface area contributed by atoms with Crippen molar-refractivity contribution in [3.63, 3.8) is 0 Å². The number of halogens is 2. The lowest BCUT2D eigenvalue weighted by molar-refractivity contribution is -0.0553. The third kappa shape index (κ3) is 3.83. The predicted octanol–water partition coefficient (Wildman–Crippen LogP) is 4.42. The van der Waals surface area contributed by atoms with E-state index in [9.17, 15) is 0 Å². The Balaban J connectivity index is 2.07. The molecule has 94 valence electrons. The summed E-state index contributed by atoms with van der Waals surface area (Å²) in [6, 6.07) is 6.84. The molecule has 1 aromatic rings. The second-order valence-corrected chi connectivity index (χ2v) is 7.14. The fourth-order valence-electron chi connectivity index (χ4n) is 2.18. The third-order valence-electron chi connectivity index (χ3n) is 2.99. The van der Waals surface area contributed by atoms with E-state index >= 15 is 0 Å². The predicted molar refractivity (Wildman–Crippen MR) is 83.5 cm³/mol. The van der Waals surface area contributed by atoms with Gasteiger partial charge < -0.3 is 10.1 Å². The van der Waals surface area contributed by atoms with Crippen LogP contribution in [0.15, 0.2) is 22.7 Å². The molecule has 1 atom stereocenters. The molecular formula is C13H17BrINO. The number of hydrogen-bond donors (Lipinski definition) is 1. The normalized spacial score (nSPS) is 23.4. The molecule has 1 saturated heterocycles. The Morgan fingerprint density at radius 3 is 2.94 bits per heavy atom. The van der Waals surface area contributed by atoms with Crippen molar-refractivity contribution in [3.8, 4) is 0 Å². The minimum atomic E-state index is -0.00658. The summed E-state index contributed by atoms with van der Waals surface area (Å²) in [5.41, 5.74) is 1.20. The molecule has 0 aromatic heterocycles. The molecule has 1 fully saturated rings. The smallest absolute Gasteiger partial charge is 0.0646 e. The zero-order valence-electron chi connectivity index (χ0n) is 10.1. The molecule has 1 unspecified atom stereocenters. The van der Waals surface area contributed by atoms with Gasteiger partial charge in [0.15, 0.2) is 0 Å². The Hall–Kier alpha value is 0.190. The van der Waals surface area contributed by atoms with Gasteiger partial charge in [-0.1, -0.05) is 15.9 Å². The lowest BCUT2D eigenvalue weighted by Crippen LogP contribution is -2.40. The highest BCUT2D eigenvalue weighted by molar-refractivity contribution is 14.1. The molecule has 1 aromatic carbocycles. The SMILES string of the molecule is CC1(C)CC(Nc2cc(Br)ccc2I)CCO1. The highest BCUT2D eigenvalue weighted by Gasteiger charge is 2.28. The summed E-state index contributed by atoms with van der Waals surface area (Å²) in [7, 11) is 0. The van der Waals surface area contributed by atoms with Crippen molar-refractivity contribution in [2.75, 3.05) is 11.9 Å². The molecule has 17 heavy (non-hydrogen) atoms. The van der Waals surface area contributed by atoms with Gasteiger partial charge in [0.25, 0.3) is 0 Å². The number of benzene rings is 1. The van der Waals surface area contributed by atoms with E-state index in [0.717, 1.165) is 23.9 Å². The first kappa shape index (κ1) is 13.6. The lowest BCUT2D eigenvalue weighted by Gasteiger charge is -2.36. The van der Waals surface area contributed by atoms with Gasteiger partial charge in [0.2, 0.25) is 0 Å². The van der Waals surface area contributed by atoms with Gasteiger partial charge in [0, 0.05) is 26.4 Å². The first-order valence-corrected chi connectivity index (χ1v) is 7.69. The fourth-order valence-corrected chi connectivity index (χ4v) is 3.04. The van der Waals surface area contributed by atoms with Crippen LogP contribution in [-0.2, 0) is 4.74 Å². The molecule has 1 heterocycles. The van der Waals surface area contributed by atoms with Crippen LogP contribution < -0.4 is 5.32 Å². The van der Waals surface area contributed by atoms with Crippen molar-refractivity contribution in [2.24, 2.45) is 0 Å². The molecule has 0 spiro atoms. The summed E-state index contributed by atoms with van der Waals surface area (Å²) >= 11 is 5.88. The van der Waals surface area contributed by atoms with E-state index in [-0.39, 0.29) is 5.60 Å². The fraction of sp³-hybridized carbons (Fsp3) is 0.538. The molecule has 0 aliphatic carbocycles. The van der Waals surface area contributed by atoms with Crippen molar-refractivity contribution >= 4 is 44.2 Å². The molecular weight excluding hydrogens is 393 g/mol. The maximum absolute atomic E-state index is 5.74. The summed E-state index contributed by atoms with van der Waals surface area (Å²) in [6.45, 7) is 5.16. The van der Waals surface area contributed by atoms with Crippen LogP contribution >= 0.6 is 38.5 Å². The van der Waals surface area contributed by atoms with E-state index in [2.05, 4.69) is 75.9 Å². The van der Waals surface area contributed by atoms with Crippen LogP contribution in [0.5, 0.6) is 0 Å². The minimum Gasteiger partial charge on any atom is -0.381 e. The Kier molecular flexibility index (Phi) is 4.36. The molecule has 0 radical (unpaired) electrons. The van der Waals surface area contributed by atoms with Crippen LogP contribution in [0.1, 0.15) is 26.7 Å². The average Bonchev–Trinajstić information content (AvgIpc) is 2.22. The number of hydrogen-bond acceptors (Lipinski definition) is 2. The molecule has 4 heteroatoms. The zero-order valence-corrected chi connectivity index (χ0v) is 13.8. The van der Waals surface area contributed by atoms with E-state index in [0.29, 0.717) is 6.04 Å². The van der Waals surface area contributed by atoms with Gasteiger partial charge in [-0.3, -0.25) is 0 Å². The van der Waals surface area contributed by atoms with E-state index in [1.54, 1.807) is 0 Å². The zero-order chi connectivity index (χ0) is 12.5. The van der Waals surface area contributed by atoms with E-state index in [1.165, 1.54) is 9.26 Å². The first-order valence-electron chi connectivity index (χ1n) is 5.82. The second kappa shape index (κ2) is 5.45. The van der Waals surface area contributed by atoms with E-state index in [4.69, 9.17) is 4.74 Å². The molecule has 1 aliphatic rings. The number of ether oxygens (including phenoxy) is 1. The van der Waals surface area contributed by atoms with Crippen molar-refractivity contribution in [2.45, 2.75) is 38.3 Å². The third-order valence-corrected chi connectivity index (χ3v) is 4.42. The Morgan fingerprint density at radius 2 is 2.24 bits per heavy atom. The number of rotatable bonds is 2. The molecule has 2 nitrogen and oxygen atoms in total. The summed E-state index contributed by atoms with van der Waals surface area (Å²) in [5, 5.41) is 3.63. The molecule has 0 saturated carbocycles. The van der Waals surface area contributed by atoms with Crippen molar-refractivity contribution in [3.05, 3.63) is 26.2 Å². The van der Waals surface area contributed by atoms with Gasteiger partial charge in [-0.25, -0.2) is 0 Å². The monoisotopic (exact) mass is 409 g/mol. The van der Waals surface area contributed by atoms with Crippen LogP contribution in [0.2, 0.25) is 0 Å². The van der Waals surface area contributed by atoms with Crippen molar-refractivity contribution < 1.29 is 4.74 Å². The Labute approximate surface area is 125 Å². The van der Waals surface area contributed by atoms with Crippen LogP contribution in [0.4, 0.5) is 5.69 Å². The second-order valence-electron chi connectivity index (χ2n) is 5.07. The van der Waals surface area contributed by atoms with E-state index < -0.39 is 0 Å². The van der Waals surface area contributed by atoms with Gasteiger partial charge in [-0.15, -0.1) is 0 Å². The van der Waals surface area contributed by atoms with Crippen LogP contribution in [-0.4, -0.2) is 18.2 Å². The largest absolute Gasteiger partial charge is 0.381 e. The summed E-state index contributed by atoms with van der Waals surface area (Å²) in [5.74, 6) is 0. The molecule has 0 bridgehead atoms. The van der Waals surface area contributed by atoms with Gasteiger partial charge in [-0.05, 0) is 67.5 Å². The molecule has 0 amide bonds. The molecule has 2 rings (SSSR count). The average molecular weight is 410 g/mol. The summed E-state index contributed by atoms with van der Waals surface area (Å²) < 4.78 is 8.11. The number of nitrogens with one attached hydrogen (secondary N) is 1. The Morgan fingerprint density at radius 1 is 1.47 bits per heavy atom. The van der Waals surface area contributed by atoms with Crippen LogP contribution in [0.3, 0.4) is 0 Å². The lowest BCUT2D eigenvalue weighted by atomic mass is 9.94. The number of anilines is 1. The highest BCUT2D eigenvalue weighted by atomic mass is 127. The summed E-state index contributed by atoms with van der Waals surface area (Å²) in [6.07, 6.45) is 2.13. The van der Waals surface area contributed by atoms with Gasteiger partial charge in [-0.2, -0.15) is 0 Å². The minimum absolute atomic E-state index is 0.00658. The topological polar surface area (TPSA) is 21.3 Å². The quantitative estimate of drug-likeness (QED) is 0.730. The molecule has 1 aliphatic heterocycles. The van der Waals surface area contributed by atoms with Gasteiger partial charge in [0.1, 0.15) is 0 Å². The van der Waals surface area contributed by atoms with Crippen molar-refractivity contribution in [1.29, 1.82) is 0 Å².